The van der Waals surface area contributed by atoms with Crippen molar-refractivity contribution < 1.29 is 18.0 Å². The Balaban J connectivity index is 3.06. The minimum absolute atomic E-state index is 0.289. The van der Waals surface area contributed by atoms with Crippen LogP contribution in [-0.4, -0.2) is 13.5 Å². The van der Waals surface area contributed by atoms with Gasteiger partial charge in [0.25, 0.3) is 0 Å². The van der Waals surface area contributed by atoms with Gasteiger partial charge in [0.05, 0.1) is 6.61 Å². The Bertz CT molecular complexity index is 68.9. The van der Waals surface area contributed by atoms with Crippen molar-refractivity contribution in [3.8, 4) is 0 Å². The van der Waals surface area contributed by atoms with Crippen LogP contribution in [0.2, 0.25) is 0 Å². The molecule has 0 aromatic heterocycles. The third kappa shape index (κ3) is 4.24. The first-order chi connectivity index (χ1) is 3.81. The minimum atomic E-state index is -2.52. The number of rotatable bonds is 4. The molecule has 0 spiro atoms. The Hall–Kier alpha value is 0.0800. The zero-order valence-corrected chi connectivity index (χ0v) is 5.52. The molecular weight excluding hydrogens is 134 g/mol. The second kappa shape index (κ2) is 5.22. The third-order valence-corrected chi connectivity index (χ3v) is 1.30. The summed E-state index contributed by atoms with van der Waals surface area (Å²) in [6.07, 6.45) is 0. The fourth-order valence-electron chi connectivity index (χ4n) is 0.204. The summed E-state index contributed by atoms with van der Waals surface area (Å²) < 4.78 is 29.5. The van der Waals surface area contributed by atoms with Crippen molar-refractivity contribution in [3.05, 3.63) is 0 Å². The van der Waals surface area contributed by atoms with Crippen molar-refractivity contribution in [2.45, 2.75) is 6.92 Å². The Morgan fingerprint density at radius 1 is 1.62 bits per heavy atom. The molecule has 5 heteroatoms. The predicted octanol–water partition coefficient (Wildman–Crippen LogP) is 1.36. The molecule has 0 bridgehead atoms. The lowest BCUT2D eigenvalue weighted by atomic mass is 10.9. The van der Waals surface area contributed by atoms with Gasteiger partial charge in [0.1, 0.15) is 0 Å². The molecule has 0 aliphatic rings. The molecule has 8 heavy (non-hydrogen) atoms. The molecular formula is C3H8FO3P. The highest BCUT2D eigenvalue weighted by Gasteiger charge is 1.93. The quantitative estimate of drug-likeness (QED) is 0.556. The molecule has 0 fully saturated rings. The third-order valence-electron chi connectivity index (χ3n) is 0.435. The van der Waals surface area contributed by atoms with Gasteiger partial charge in [-0.05, 0) is 6.92 Å². The highest BCUT2D eigenvalue weighted by Crippen LogP contribution is 2.22. The van der Waals surface area contributed by atoms with Gasteiger partial charge in [-0.2, -0.15) is 0 Å². The molecule has 0 N–H and O–H groups in total. The number of hydrogen-bond donors (Lipinski definition) is 0. The Morgan fingerprint density at radius 3 is 2.62 bits per heavy atom. The molecule has 0 amide bonds. The molecule has 0 aromatic carbocycles. The molecule has 0 radical (unpaired) electrons. The summed E-state index contributed by atoms with van der Waals surface area (Å²) in [4.78, 5) is 0. The number of hydrogen-bond acceptors (Lipinski definition) is 3. The van der Waals surface area contributed by atoms with Crippen LogP contribution in [0.15, 0.2) is 0 Å². The van der Waals surface area contributed by atoms with Gasteiger partial charge in [0.2, 0.25) is 0 Å². The lowest BCUT2D eigenvalue weighted by Gasteiger charge is -1.96. The van der Waals surface area contributed by atoms with Gasteiger partial charge in [0.15, 0.2) is 6.86 Å². The maximum absolute atomic E-state index is 11.1. The highest BCUT2D eigenvalue weighted by atomic mass is 31.1. The fourth-order valence-corrected chi connectivity index (χ4v) is 0.612. The summed E-state index contributed by atoms with van der Waals surface area (Å²) in [5.74, 6) is 0. The topological polar surface area (TPSA) is 35.5 Å². The van der Waals surface area contributed by atoms with Crippen molar-refractivity contribution in [3.63, 3.8) is 0 Å². The highest BCUT2D eigenvalue weighted by molar-refractivity contribution is 7.33. The minimum Gasteiger partial charge on any atom is -0.311 e. The summed E-state index contributed by atoms with van der Waals surface area (Å²) in [5, 5.41) is 0. The summed E-state index contributed by atoms with van der Waals surface area (Å²) in [7, 11) is -2.52. The van der Waals surface area contributed by atoms with E-state index in [4.69, 9.17) is 0 Å². The number of alkyl halides is 1. The average Bonchev–Trinajstić information content (AvgIpc) is 1.68. The van der Waals surface area contributed by atoms with Crippen LogP contribution in [0.25, 0.3) is 0 Å². The smallest absolute Gasteiger partial charge is 0.311 e. The molecule has 3 nitrogen and oxygen atoms in total. The van der Waals surface area contributed by atoms with Gasteiger partial charge >= 0.3 is 8.25 Å². The van der Waals surface area contributed by atoms with Crippen LogP contribution in [0.1, 0.15) is 6.92 Å². The van der Waals surface area contributed by atoms with Crippen molar-refractivity contribution in [2.75, 3.05) is 13.5 Å². The van der Waals surface area contributed by atoms with Crippen LogP contribution in [0.4, 0.5) is 4.39 Å². The Morgan fingerprint density at radius 2 is 2.25 bits per heavy atom. The summed E-state index contributed by atoms with van der Waals surface area (Å²) in [5.41, 5.74) is 0. The predicted molar refractivity (Wildman–Crippen MR) is 27.7 cm³/mol. The van der Waals surface area contributed by atoms with Crippen LogP contribution < -0.4 is 0 Å². The summed E-state index contributed by atoms with van der Waals surface area (Å²) >= 11 is 0. The molecule has 0 aromatic rings. The van der Waals surface area contributed by atoms with Crippen LogP contribution in [0.5, 0.6) is 0 Å². The van der Waals surface area contributed by atoms with Crippen LogP contribution >= 0.6 is 8.25 Å². The van der Waals surface area contributed by atoms with Gasteiger partial charge in [0, 0.05) is 0 Å². The Kier molecular flexibility index (Phi) is 5.27. The molecule has 0 rings (SSSR count). The molecule has 1 unspecified atom stereocenters. The monoisotopic (exact) mass is 142 g/mol. The van der Waals surface area contributed by atoms with E-state index in [1.54, 1.807) is 6.92 Å². The van der Waals surface area contributed by atoms with E-state index >= 15 is 0 Å². The maximum atomic E-state index is 11.1. The first kappa shape index (κ1) is 8.08. The van der Waals surface area contributed by atoms with E-state index in [-0.39, 0.29) is 6.61 Å². The molecule has 0 aliphatic carbocycles. The lowest BCUT2D eigenvalue weighted by Crippen LogP contribution is -1.80. The molecule has 0 saturated carbocycles. The van der Waals surface area contributed by atoms with Crippen molar-refractivity contribution in [1.82, 2.24) is 0 Å². The largest absolute Gasteiger partial charge is 0.321 e. The molecule has 1 atom stereocenters. The van der Waals surface area contributed by atoms with Crippen LogP contribution in [0, 0.1) is 0 Å². The second-order valence-corrected chi connectivity index (χ2v) is 2.01. The first-order valence-corrected chi connectivity index (χ1v) is 3.39. The number of halogens is 1. The van der Waals surface area contributed by atoms with E-state index in [2.05, 4.69) is 9.05 Å². The van der Waals surface area contributed by atoms with E-state index in [0.29, 0.717) is 0 Å². The van der Waals surface area contributed by atoms with E-state index in [1.165, 1.54) is 0 Å². The molecule has 0 saturated heterocycles. The van der Waals surface area contributed by atoms with Crippen molar-refractivity contribution in [1.29, 1.82) is 0 Å². The van der Waals surface area contributed by atoms with Gasteiger partial charge < -0.3 is 4.52 Å². The Labute approximate surface area is 47.7 Å². The van der Waals surface area contributed by atoms with E-state index in [1.807, 2.05) is 0 Å². The van der Waals surface area contributed by atoms with Crippen LogP contribution in [0.3, 0.4) is 0 Å². The van der Waals surface area contributed by atoms with E-state index in [9.17, 15) is 8.96 Å². The van der Waals surface area contributed by atoms with E-state index < -0.39 is 15.1 Å². The lowest BCUT2D eigenvalue weighted by molar-refractivity contribution is 0.162. The molecule has 0 aliphatic heterocycles. The zero-order valence-electron chi connectivity index (χ0n) is 4.52. The van der Waals surface area contributed by atoms with E-state index in [0.717, 1.165) is 0 Å². The maximum Gasteiger partial charge on any atom is 0.321 e. The normalized spacial score (nSPS) is 13.8. The first-order valence-electron chi connectivity index (χ1n) is 2.16. The zero-order chi connectivity index (χ0) is 6.41. The average molecular weight is 142 g/mol. The van der Waals surface area contributed by atoms with Gasteiger partial charge in [-0.25, -0.2) is 4.39 Å². The standard InChI is InChI=1S/C3H8FO3P/c1-2-6-8(5)7-3-4/h8H,2-3H2,1H3. The fraction of sp³-hybridized carbons (Fsp3) is 1.00. The summed E-state index contributed by atoms with van der Waals surface area (Å²) in [6.45, 7) is 0.903. The van der Waals surface area contributed by atoms with Crippen molar-refractivity contribution >= 4 is 8.25 Å². The summed E-state index contributed by atoms with van der Waals surface area (Å²) in [6, 6.07) is 0. The SMILES string of the molecule is CCO[PH](=O)OCF. The van der Waals surface area contributed by atoms with Crippen molar-refractivity contribution in [2.24, 2.45) is 0 Å². The second-order valence-electron chi connectivity index (χ2n) is 0.936. The van der Waals surface area contributed by atoms with Gasteiger partial charge in [-0.15, -0.1) is 0 Å². The van der Waals surface area contributed by atoms with Gasteiger partial charge in [-0.3, -0.25) is 9.09 Å². The molecule has 50 valence electrons. The van der Waals surface area contributed by atoms with Crippen LogP contribution in [-0.2, 0) is 13.6 Å². The molecule has 0 heterocycles. The van der Waals surface area contributed by atoms with Gasteiger partial charge in [-0.1, -0.05) is 0 Å².